The molecule has 1 heterocycles. The number of rotatable bonds is 0. The molecule has 2 aliphatic rings. The average molecular weight is 150 g/mol. The van der Waals surface area contributed by atoms with Crippen molar-refractivity contribution in [1.82, 2.24) is 0 Å². The highest BCUT2D eigenvalue weighted by Crippen LogP contribution is 2.46. The second-order valence-corrected chi connectivity index (χ2v) is 2.81. The lowest BCUT2D eigenvalue weighted by atomic mass is 10.1. The van der Waals surface area contributed by atoms with E-state index >= 15 is 0 Å². The van der Waals surface area contributed by atoms with Crippen LogP contribution in [0.2, 0.25) is 0 Å². The Balaban J connectivity index is 0.000000405. The molecule has 0 aromatic heterocycles. The lowest BCUT2D eigenvalue weighted by Crippen LogP contribution is -2.31. The Hall–Kier alpha value is 0.210. The van der Waals surface area contributed by atoms with Gasteiger partial charge in [-0.1, -0.05) is 0 Å². The van der Waals surface area contributed by atoms with Crippen molar-refractivity contribution in [2.45, 2.75) is 30.9 Å². The highest BCUT2D eigenvalue weighted by Gasteiger charge is 2.52. The summed E-state index contributed by atoms with van der Waals surface area (Å²) in [6.07, 6.45) is 3.47. The van der Waals surface area contributed by atoms with Crippen molar-refractivity contribution in [3.05, 3.63) is 0 Å². The molecule has 9 heavy (non-hydrogen) atoms. The molecule has 2 rings (SSSR count). The molecule has 1 saturated heterocycles. The molecule has 0 aromatic rings. The lowest BCUT2D eigenvalue weighted by molar-refractivity contribution is 0.0835. The number of ether oxygens (including phenoxy) is 1. The van der Waals surface area contributed by atoms with Gasteiger partial charge in [0.2, 0.25) is 0 Å². The maximum absolute atomic E-state index is 5.75. The Morgan fingerprint density at radius 3 is 2.33 bits per heavy atom. The van der Waals surface area contributed by atoms with Crippen LogP contribution >= 0.6 is 12.4 Å². The van der Waals surface area contributed by atoms with Crippen LogP contribution in [0.5, 0.6) is 0 Å². The number of hydrogen-bond donors (Lipinski definition) is 1. The molecular weight excluding hydrogens is 138 g/mol. The van der Waals surface area contributed by atoms with Crippen molar-refractivity contribution in [2.24, 2.45) is 5.73 Å². The normalized spacial score (nSPS) is 36.3. The molecule has 2 fully saturated rings. The van der Waals surface area contributed by atoms with Gasteiger partial charge < -0.3 is 10.5 Å². The van der Waals surface area contributed by atoms with Crippen LogP contribution in [0.25, 0.3) is 0 Å². The predicted octanol–water partition coefficient (Wildman–Crippen LogP) is 0.688. The van der Waals surface area contributed by atoms with Gasteiger partial charge in [0.15, 0.2) is 0 Å². The molecule has 1 unspecified atom stereocenters. The van der Waals surface area contributed by atoms with E-state index in [0.29, 0.717) is 6.04 Å². The van der Waals surface area contributed by atoms with Crippen molar-refractivity contribution in [3.8, 4) is 0 Å². The van der Waals surface area contributed by atoms with E-state index < -0.39 is 0 Å². The summed E-state index contributed by atoms with van der Waals surface area (Å²) in [6, 6.07) is 0.350. The molecule has 1 aliphatic carbocycles. The third-order valence-corrected chi connectivity index (χ3v) is 2.24. The van der Waals surface area contributed by atoms with Gasteiger partial charge in [0.05, 0.1) is 5.60 Å². The predicted molar refractivity (Wildman–Crippen MR) is 37.8 cm³/mol. The highest BCUT2D eigenvalue weighted by molar-refractivity contribution is 5.85. The molecule has 2 N–H and O–H groups in total. The third kappa shape index (κ3) is 0.955. The first kappa shape index (κ1) is 7.32. The molecule has 1 aliphatic heterocycles. The first-order valence-corrected chi connectivity index (χ1v) is 3.23. The molecule has 1 spiro atoms. The van der Waals surface area contributed by atoms with Crippen LogP contribution in [-0.4, -0.2) is 18.2 Å². The summed E-state index contributed by atoms with van der Waals surface area (Å²) in [5.74, 6) is 0. The van der Waals surface area contributed by atoms with Crippen LogP contribution in [-0.2, 0) is 4.74 Å². The van der Waals surface area contributed by atoms with Crippen LogP contribution in [0.1, 0.15) is 19.3 Å². The molecule has 0 aromatic carbocycles. The van der Waals surface area contributed by atoms with Crippen molar-refractivity contribution in [1.29, 1.82) is 0 Å². The second kappa shape index (κ2) is 2.11. The second-order valence-electron chi connectivity index (χ2n) is 2.81. The zero-order chi connectivity index (χ0) is 5.61. The van der Waals surface area contributed by atoms with Gasteiger partial charge in [-0.2, -0.15) is 0 Å². The van der Waals surface area contributed by atoms with E-state index in [0.717, 1.165) is 13.0 Å². The zero-order valence-electron chi connectivity index (χ0n) is 5.30. The van der Waals surface area contributed by atoms with Gasteiger partial charge in [-0.15, -0.1) is 12.4 Å². The van der Waals surface area contributed by atoms with E-state index in [1.807, 2.05) is 0 Å². The smallest absolute Gasteiger partial charge is 0.0835 e. The minimum absolute atomic E-state index is 0. The highest BCUT2D eigenvalue weighted by atomic mass is 35.5. The first-order valence-electron chi connectivity index (χ1n) is 3.23. The summed E-state index contributed by atoms with van der Waals surface area (Å²) in [7, 11) is 0. The average Bonchev–Trinajstić information content (AvgIpc) is 2.39. The fourth-order valence-corrected chi connectivity index (χ4v) is 1.40. The fourth-order valence-electron chi connectivity index (χ4n) is 1.40. The van der Waals surface area contributed by atoms with E-state index in [1.54, 1.807) is 0 Å². The Bertz CT molecular complexity index is 114. The van der Waals surface area contributed by atoms with Crippen LogP contribution in [0.3, 0.4) is 0 Å². The van der Waals surface area contributed by atoms with E-state index in [9.17, 15) is 0 Å². The molecule has 0 bridgehead atoms. The monoisotopic (exact) mass is 149 g/mol. The SMILES string of the molecule is Cl.NC1CCOC12CC2. The summed E-state index contributed by atoms with van der Waals surface area (Å²) in [4.78, 5) is 0. The molecule has 3 heteroatoms. The van der Waals surface area contributed by atoms with Gasteiger partial charge in [-0.3, -0.25) is 0 Å². The minimum Gasteiger partial charge on any atom is -0.373 e. The fraction of sp³-hybridized carbons (Fsp3) is 1.00. The molecule has 0 radical (unpaired) electrons. The molecule has 54 valence electrons. The maximum Gasteiger partial charge on any atom is 0.0835 e. The van der Waals surface area contributed by atoms with E-state index in [4.69, 9.17) is 10.5 Å². The largest absolute Gasteiger partial charge is 0.373 e. The quantitative estimate of drug-likeness (QED) is 0.550. The van der Waals surface area contributed by atoms with Crippen LogP contribution in [0, 0.1) is 0 Å². The Morgan fingerprint density at radius 2 is 2.11 bits per heavy atom. The van der Waals surface area contributed by atoms with Gasteiger partial charge in [-0.25, -0.2) is 0 Å². The summed E-state index contributed by atoms with van der Waals surface area (Å²) in [6.45, 7) is 0.890. The van der Waals surface area contributed by atoms with Crippen molar-refractivity contribution in [3.63, 3.8) is 0 Å². The molecule has 1 atom stereocenters. The topological polar surface area (TPSA) is 35.2 Å². The van der Waals surface area contributed by atoms with Gasteiger partial charge in [-0.05, 0) is 19.3 Å². The Kier molecular flexibility index (Phi) is 1.72. The van der Waals surface area contributed by atoms with Crippen molar-refractivity contribution < 1.29 is 4.74 Å². The summed E-state index contributed by atoms with van der Waals surface area (Å²) >= 11 is 0. The summed E-state index contributed by atoms with van der Waals surface area (Å²) in [5.41, 5.74) is 5.93. The summed E-state index contributed by atoms with van der Waals surface area (Å²) in [5, 5.41) is 0. The zero-order valence-corrected chi connectivity index (χ0v) is 6.12. The molecular formula is C6H12ClNO. The lowest BCUT2D eigenvalue weighted by Gasteiger charge is -2.09. The van der Waals surface area contributed by atoms with Crippen molar-refractivity contribution in [2.75, 3.05) is 6.61 Å². The van der Waals surface area contributed by atoms with Crippen LogP contribution in [0.4, 0.5) is 0 Å². The van der Waals surface area contributed by atoms with Crippen LogP contribution in [0.15, 0.2) is 0 Å². The van der Waals surface area contributed by atoms with Gasteiger partial charge in [0, 0.05) is 12.6 Å². The number of halogens is 1. The van der Waals surface area contributed by atoms with Gasteiger partial charge in [0.1, 0.15) is 0 Å². The standard InChI is InChI=1S/C6H11NO.ClH/c7-5-1-4-8-6(5)2-3-6;/h5H,1-4,7H2;1H. The Morgan fingerprint density at radius 1 is 1.44 bits per heavy atom. The van der Waals surface area contributed by atoms with Gasteiger partial charge in [0.25, 0.3) is 0 Å². The molecule has 0 amide bonds. The number of nitrogens with two attached hydrogens (primary N) is 1. The van der Waals surface area contributed by atoms with E-state index in [1.165, 1.54) is 12.8 Å². The Labute approximate surface area is 61.2 Å². The maximum atomic E-state index is 5.75. The minimum atomic E-state index is 0. The van der Waals surface area contributed by atoms with Gasteiger partial charge >= 0.3 is 0 Å². The molecule has 1 saturated carbocycles. The third-order valence-electron chi connectivity index (χ3n) is 2.24. The van der Waals surface area contributed by atoms with E-state index in [-0.39, 0.29) is 18.0 Å². The van der Waals surface area contributed by atoms with Crippen LogP contribution < -0.4 is 5.73 Å². The van der Waals surface area contributed by atoms with E-state index in [2.05, 4.69) is 0 Å². The van der Waals surface area contributed by atoms with Crippen molar-refractivity contribution >= 4 is 12.4 Å². The summed E-state index contributed by atoms with van der Waals surface area (Å²) < 4.78 is 5.44. The first-order chi connectivity index (χ1) is 3.83. The number of hydrogen-bond acceptors (Lipinski definition) is 2. The molecule has 2 nitrogen and oxygen atoms in total.